The van der Waals surface area contributed by atoms with Gasteiger partial charge in [0, 0.05) is 36.9 Å². The minimum absolute atomic E-state index is 0.0599. The SMILES string of the molecule is [C-]#[N+]c1cnc2[nH]ccc2c1N[C@H]1CN(S(=O)(=O)CCC(F)(F)F)C[C@H]1CC. The maximum absolute atomic E-state index is 12.4. The van der Waals surface area contributed by atoms with Gasteiger partial charge in [0.15, 0.2) is 0 Å². The predicted octanol–water partition coefficient (Wildman–Crippen LogP) is 3.52. The molecule has 1 aliphatic rings. The highest BCUT2D eigenvalue weighted by molar-refractivity contribution is 7.89. The van der Waals surface area contributed by atoms with Gasteiger partial charge >= 0.3 is 6.18 Å². The average Bonchev–Trinajstić information content (AvgIpc) is 3.26. The number of fused-ring (bicyclic) bond motifs is 1. The monoisotopic (exact) mass is 415 g/mol. The molecular weight excluding hydrogens is 395 g/mol. The fourth-order valence-corrected chi connectivity index (χ4v) is 4.98. The molecule has 1 aliphatic heterocycles. The lowest BCUT2D eigenvalue weighted by atomic mass is 10.0. The Morgan fingerprint density at radius 2 is 2.18 bits per heavy atom. The number of rotatable bonds is 6. The molecule has 1 saturated heterocycles. The second-order valence-electron chi connectivity index (χ2n) is 6.79. The van der Waals surface area contributed by atoms with Crippen LogP contribution in [0.1, 0.15) is 19.8 Å². The first kappa shape index (κ1) is 20.4. The molecule has 3 rings (SSSR count). The molecule has 0 radical (unpaired) electrons. The van der Waals surface area contributed by atoms with Gasteiger partial charge in [-0.25, -0.2) is 13.3 Å². The van der Waals surface area contributed by atoms with E-state index in [9.17, 15) is 21.6 Å². The molecular formula is C17H20F3N5O2S. The van der Waals surface area contributed by atoms with E-state index < -0.39 is 28.4 Å². The summed E-state index contributed by atoms with van der Waals surface area (Å²) in [6.45, 7) is 9.47. The number of alkyl halides is 3. The summed E-state index contributed by atoms with van der Waals surface area (Å²) in [5.41, 5.74) is 1.45. The van der Waals surface area contributed by atoms with Crippen LogP contribution in [0.15, 0.2) is 18.5 Å². The van der Waals surface area contributed by atoms with Crippen LogP contribution in [0.3, 0.4) is 0 Å². The van der Waals surface area contributed by atoms with Crippen LogP contribution in [0.5, 0.6) is 0 Å². The molecule has 1 fully saturated rings. The molecule has 11 heteroatoms. The second-order valence-corrected chi connectivity index (χ2v) is 8.88. The normalized spacial score (nSPS) is 21.1. The number of aromatic nitrogens is 2. The number of nitrogens with one attached hydrogen (secondary N) is 2. The molecule has 2 N–H and O–H groups in total. The third-order valence-electron chi connectivity index (χ3n) is 4.99. The van der Waals surface area contributed by atoms with Crippen molar-refractivity contribution in [2.45, 2.75) is 32.0 Å². The number of pyridine rings is 1. The summed E-state index contributed by atoms with van der Waals surface area (Å²) in [6, 6.07) is 1.46. The predicted molar refractivity (Wildman–Crippen MR) is 99.6 cm³/mol. The van der Waals surface area contributed by atoms with Crippen LogP contribution in [0, 0.1) is 12.5 Å². The lowest BCUT2D eigenvalue weighted by Gasteiger charge is -2.21. The zero-order valence-corrected chi connectivity index (χ0v) is 15.9. The van der Waals surface area contributed by atoms with Gasteiger partial charge < -0.3 is 10.3 Å². The van der Waals surface area contributed by atoms with Crippen molar-refractivity contribution in [2.75, 3.05) is 24.2 Å². The van der Waals surface area contributed by atoms with Crippen molar-refractivity contribution in [3.05, 3.63) is 29.9 Å². The highest BCUT2D eigenvalue weighted by Gasteiger charge is 2.40. The number of nitrogens with zero attached hydrogens (tertiary/aromatic N) is 3. The summed E-state index contributed by atoms with van der Waals surface area (Å²) in [5, 5.41) is 3.97. The zero-order chi connectivity index (χ0) is 20.5. The van der Waals surface area contributed by atoms with Crippen molar-refractivity contribution in [2.24, 2.45) is 5.92 Å². The summed E-state index contributed by atoms with van der Waals surface area (Å²) in [5.74, 6) is -1.04. The number of anilines is 1. The topological polar surface area (TPSA) is 82.4 Å². The zero-order valence-electron chi connectivity index (χ0n) is 15.1. The highest BCUT2D eigenvalue weighted by Crippen LogP contribution is 2.35. The number of sulfonamides is 1. The molecule has 0 aromatic carbocycles. The van der Waals surface area contributed by atoms with Crippen molar-refractivity contribution in [3.63, 3.8) is 0 Å². The van der Waals surface area contributed by atoms with Crippen molar-refractivity contribution in [1.29, 1.82) is 0 Å². The van der Waals surface area contributed by atoms with E-state index in [-0.39, 0.29) is 25.0 Å². The van der Waals surface area contributed by atoms with Gasteiger partial charge in [-0.15, -0.1) is 0 Å². The first-order valence-electron chi connectivity index (χ1n) is 8.79. The average molecular weight is 415 g/mol. The van der Waals surface area contributed by atoms with E-state index in [0.29, 0.717) is 28.8 Å². The van der Waals surface area contributed by atoms with Gasteiger partial charge in [-0.1, -0.05) is 13.3 Å². The largest absolute Gasteiger partial charge is 0.390 e. The minimum atomic E-state index is -4.52. The van der Waals surface area contributed by atoms with Crippen LogP contribution in [0.4, 0.5) is 24.5 Å². The second kappa shape index (κ2) is 7.60. The Bertz CT molecular complexity index is 996. The summed E-state index contributed by atoms with van der Waals surface area (Å²) in [4.78, 5) is 10.6. The summed E-state index contributed by atoms with van der Waals surface area (Å²) in [7, 11) is -4.01. The Kier molecular flexibility index (Phi) is 5.54. The Morgan fingerprint density at radius 1 is 1.43 bits per heavy atom. The fourth-order valence-electron chi connectivity index (χ4n) is 3.43. The summed E-state index contributed by atoms with van der Waals surface area (Å²) < 4.78 is 63.2. The summed E-state index contributed by atoms with van der Waals surface area (Å²) >= 11 is 0. The lowest BCUT2D eigenvalue weighted by molar-refractivity contribution is -0.130. The van der Waals surface area contributed by atoms with Crippen LogP contribution < -0.4 is 5.32 Å². The smallest absolute Gasteiger partial charge is 0.389 e. The fraction of sp³-hybridized carbons (Fsp3) is 0.529. The van der Waals surface area contributed by atoms with E-state index in [4.69, 9.17) is 6.57 Å². The van der Waals surface area contributed by atoms with E-state index in [0.717, 1.165) is 4.31 Å². The van der Waals surface area contributed by atoms with Gasteiger partial charge in [0.05, 0.1) is 24.4 Å². The molecule has 2 aromatic rings. The first-order chi connectivity index (χ1) is 13.1. The Labute approximate surface area is 160 Å². The van der Waals surface area contributed by atoms with Gasteiger partial charge in [0.2, 0.25) is 15.7 Å². The molecule has 0 aliphatic carbocycles. The van der Waals surface area contributed by atoms with E-state index in [2.05, 4.69) is 20.1 Å². The minimum Gasteiger partial charge on any atom is -0.389 e. The number of halogens is 3. The van der Waals surface area contributed by atoms with Gasteiger partial charge in [-0.05, 0) is 12.0 Å². The quantitative estimate of drug-likeness (QED) is 0.708. The molecule has 0 unspecified atom stereocenters. The van der Waals surface area contributed by atoms with Gasteiger partial charge in [0.25, 0.3) is 0 Å². The molecule has 2 aromatic heterocycles. The van der Waals surface area contributed by atoms with E-state index in [1.54, 1.807) is 12.3 Å². The van der Waals surface area contributed by atoms with Crippen LogP contribution >= 0.6 is 0 Å². The van der Waals surface area contributed by atoms with E-state index >= 15 is 0 Å². The molecule has 152 valence electrons. The molecule has 7 nitrogen and oxygen atoms in total. The maximum Gasteiger partial charge on any atom is 0.390 e. The number of H-pyrrole nitrogens is 1. The van der Waals surface area contributed by atoms with Crippen molar-refractivity contribution < 1.29 is 21.6 Å². The molecule has 0 spiro atoms. The van der Waals surface area contributed by atoms with E-state index in [1.165, 1.54) is 6.20 Å². The number of hydrogen-bond acceptors (Lipinski definition) is 4. The van der Waals surface area contributed by atoms with Gasteiger partial charge in [0.1, 0.15) is 5.65 Å². The lowest BCUT2D eigenvalue weighted by Crippen LogP contribution is -2.34. The Morgan fingerprint density at radius 3 is 2.82 bits per heavy atom. The summed E-state index contributed by atoms with van der Waals surface area (Å²) in [6.07, 6.45) is -2.11. The van der Waals surface area contributed by atoms with Crippen LogP contribution in [0.2, 0.25) is 0 Å². The maximum atomic E-state index is 12.4. The third-order valence-corrected chi connectivity index (χ3v) is 6.79. The molecule has 28 heavy (non-hydrogen) atoms. The van der Waals surface area contributed by atoms with Gasteiger partial charge in [-0.3, -0.25) is 4.98 Å². The Hall–Kier alpha value is -2.32. The van der Waals surface area contributed by atoms with Crippen molar-refractivity contribution in [3.8, 4) is 0 Å². The number of hydrogen-bond donors (Lipinski definition) is 2. The van der Waals surface area contributed by atoms with E-state index in [1.807, 2.05) is 6.92 Å². The number of aromatic amines is 1. The van der Waals surface area contributed by atoms with Crippen molar-refractivity contribution in [1.82, 2.24) is 14.3 Å². The van der Waals surface area contributed by atoms with Gasteiger partial charge in [-0.2, -0.15) is 17.5 Å². The van der Waals surface area contributed by atoms with Crippen LogP contribution in [-0.2, 0) is 10.0 Å². The molecule has 0 bridgehead atoms. The molecule has 0 amide bonds. The first-order valence-corrected chi connectivity index (χ1v) is 10.4. The van der Waals surface area contributed by atoms with Crippen LogP contribution in [0.25, 0.3) is 15.9 Å². The molecule has 0 saturated carbocycles. The standard InChI is InChI=1S/C17H20F3N5O2S/c1-3-11-9-25(28(26,27)7-5-17(18,19)20)10-14(11)24-15-12-4-6-22-16(12)23-8-13(15)21-2/h4,6,8,11,14H,3,5,7,9-10H2,1H3,(H2,22,23,24)/t11-,14+/m1/s1. The Balaban J connectivity index is 1.82. The molecule has 3 heterocycles. The highest BCUT2D eigenvalue weighted by atomic mass is 32.2. The van der Waals surface area contributed by atoms with Crippen molar-refractivity contribution >= 4 is 32.4 Å². The third kappa shape index (κ3) is 4.23. The molecule has 2 atom stereocenters. The van der Waals surface area contributed by atoms with Crippen LogP contribution in [-0.4, -0.2) is 53.8 Å².